The van der Waals surface area contributed by atoms with Gasteiger partial charge < -0.3 is 15.4 Å². The number of sulfone groups is 1. The van der Waals surface area contributed by atoms with Gasteiger partial charge >= 0.3 is 29.4 Å². The Morgan fingerprint density at radius 3 is 2.02 bits per heavy atom. The van der Waals surface area contributed by atoms with Crippen molar-refractivity contribution in [2.45, 2.75) is 102 Å². The number of hydrogen-bond acceptors (Lipinski definition) is 8. The van der Waals surface area contributed by atoms with Gasteiger partial charge in [-0.05, 0) is 80.0 Å². The number of anilines is 1. The van der Waals surface area contributed by atoms with Crippen LogP contribution in [0, 0.1) is 19.3 Å². The first-order chi connectivity index (χ1) is 28.1. The molecule has 0 spiro atoms. The summed E-state index contributed by atoms with van der Waals surface area (Å²) in [7, 11) is -3.46. The Kier molecular flexibility index (Phi) is 17.4. The minimum absolute atomic E-state index is 0.0287. The van der Waals surface area contributed by atoms with Gasteiger partial charge in [-0.2, -0.15) is 30.6 Å². The average molecular weight is 927 g/mol. The Morgan fingerprint density at radius 2 is 1.49 bits per heavy atom. The predicted molar refractivity (Wildman–Crippen MR) is 218 cm³/mol. The fraction of sp³-hybridized carbons (Fsp3) is 0.463. The second-order valence-corrected chi connectivity index (χ2v) is 18.7. The van der Waals surface area contributed by atoms with E-state index in [2.05, 4.69) is 49.5 Å². The molecule has 61 heavy (non-hydrogen) atoms. The summed E-state index contributed by atoms with van der Waals surface area (Å²) in [6.07, 6.45) is -3.17. The number of nitrogens with one attached hydrogen (secondary N) is 2. The molecule has 20 heteroatoms. The summed E-state index contributed by atoms with van der Waals surface area (Å²) >= 11 is 4.23. The van der Waals surface area contributed by atoms with E-state index in [0.29, 0.717) is 12.1 Å². The Morgan fingerprint density at radius 1 is 0.918 bits per heavy atom. The van der Waals surface area contributed by atoms with Gasteiger partial charge in [0.05, 0.1) is 21.9 Å². The number of ether oxygens (including phenoxy) is 1. The number of carbonyl (C=O) groups excluding carboxylic acids is 2. The van der Waals surface area contributed by atoms with E-state index in [9.17, 15) is 52.9 Å². The Balaban J connectivity index is 0.000000356. The molecule has 1 saturated carbocycles. The molecule has 336 valence electrons. The minimum Gasteiger partial charge on any atom is -0.488 e. The molecule has 0 bridgehead atoms. The largest absolute Gasteiger partial charge is 0.488 e. The van der Waals surface area contributed by atoms with Crippen LogP contribution in [0.3, 0.4) is 0 Å². The van der Waals surface area contributed by atoms with Crippen molar-refractivity contribution in [2.24, 2.45) is 0 Å². The number of rotatable bonds is 13. The number of amides is 2. The summed E-state index contributed by atoms with van der Waals surface area (Å²) in [5, 5.41) is 4.42. The van der Waals surface area contributed by atoms with Crippen molar-refractivity contribution in [3.8, 4) is 18.1 Å². The van der Waals surface area contributed by atoms with Crippen molar-refractivity contribution in [3.05, 3.63) is 93.5 Å². The van der Waals surface area contributed by atoms with E-state index in [4.69, 9.17) is 31.1 Å². The Hall–Kier alpha value is -4.22. The lowest BCUT2D eigenvalue weighted by molar-refractivity contribution is -0.348. The second kappa shape index (κ2) is 20.8. The molecule has 1 aliphatic carbocycles. The first-order valence-electron chi connectivity index (χ1n) is 18.5. The molecule has 3 aromatic carbocycles. The molecule has 0 saturated heterocycles. The van der Waals surface area contributed by atoms with Gasteiger partial charge in [-0.3, -0.25) is 18.0 Å². The Labute approximate surface area is 358 Å². The van der Waals surface area contributed by atoms with Crippen molar-refractivity contribution in [1.29, 1.82) is 0 Å². The summed E-state index contributed by atoms with van der Waals surface area (Å²) in [4.78, 5) is 25.6. The maximum absolute atomic E-state index is 14.3. The molecule has 3 unspecified atom stereocenters. The van der Waals surface area contributed by atoms with Crippen LogP contribution in [0.4, 0.5) is 36.4 Å². The molecule has 4 atom stereocenters. The zero-order valence-electron chi connectivity index (χ0n) is 33.9. The normalized spacial score (nSPS) is 17.2. The third-order valence-electron chi connectivity index (χ3n) is 9.16. The van der Waals surface area contributed by atoms with Crippen LogP contribution < -0.4 is 15.4 Å². The molecule has 0 aromatic heterocycles. The lowest BCUT2D eigenvalue weighted by Gasteiger charge is -2.30. The first kappa shape index (κ1) is 51.1. The lowest BCUT2D eigenvalue weighted by Crippen LogP contribution is -2.50. The zero-order chi connectivity index (χ0) is 46.1. The maximum Gasteiger partial charge on any atom is 0.435 e. The SMILES string of the molecule is C#CCOS(=O)OC1CCCCC1Oc1ccc(C(C)(C)C)cc1.Cc1cc(C(F)(C(F)(F)F)C(F)(F)F)ccc1NC(=O)c1cccc(Cl)c1C(=O)N[C@@H](C)CS(C)(=O)=O. The summed E-state index contributed by atoms with van der Waals surface area (Å²) in [6.45, 7) is 8.95. The molecule has 2 amide bonds. The van der Waals surface area contributed by atoms with E-state index in [-0.39, 0.29) is 57.7 Å². The van der Waals surface area contributed by atoms with Crippen LogP contribution in [0.2, 0.25) is 5.02 Å². The van der Waals surface area contributed by atoms with Gasteiger partial charge in [0, 0.05) is 23.5 Å². The van der Waals surface area contributed by atoms with Crippen molar-refractivity contribution < 1.29 is 66.1 Å². The van der Waals surface area contributed by atoms with Crippen LogP contribution in [0.25, 0.3) is 0 Å². The van der Waals surface area contributed by atoms with E-state index >= 15 is 0 Å². The van der Waals surface area contributed by atoms with E-state index < -0.39 is 68.4 Å². The Bertz CT molecular complexity index is 2180. The highest BCUT2D eigenvalue weighted by atomic mass is 35.5. The number of carbonyl (C=O) groups is 2. The molecule has 3 aromatic rings. The van der Waals surface area contributed by atoms with Crippen LogP contribution >= 0.6 is 11.6 Å². The molecule has 2 N–H and O–H groups in total. The summed E-state index contributed by atoms with van der Waals surface area (Å²) in [5.41, 5.74) is -7.29. The fourth-order valence-electron chi connectivity index (χ4n) is 6.16. The lowest BCUT2D eigenvalue weighted by atomic mass is 9.87. The summed E-state index contributed by atoms with van der Waals surface area (Å²) in [5.74, 6) is 0.745. The number of hydrogen-bond donors (Lipinski definition) is 2. The van der Waals surface area contributed by atoms with Gasteiger partial charge in [0.2, 0.25) is 0 Å². The minimum atomic E-state index is -6.31. The van der Waals surface area contributed by atoms with Gasteiger partial charge in [0.25, 0.3) is 11.8 Å². The van der Waals surface area contributed by atoms with Gasteiger partial charge in [-0.15, -0.1) is 6.42 Å². The average Bonchev–Trinajstić information content (AvgIpc) is 3.13. The van der Waals surface area contributed by atoms with Crippen molar-refractivity contribution >= 4 is 50.3 Å². The summed E-state index contributed by atoms with van der Waals surface area (Å²) < 4.78 is 144. The molecular formula is C41H46ClF7N2O8S2. The molecular weight excluding hydrogens is 881 g/mol. The van der Waals surface area contributed by atoms with Crippen LogP contribution in [0.15, 0.2) is 60.7 Å². The van der Waals surface area contributed by atoms with E-state index in [1.807, 2.05) is 12.1 Å². The molecule has 0 heterocycles. The summed E-state index contributed by atoms with van der Waals surface area (Å²) in [6, 6.07) is 12.2. The van der Waals surface area contributed by atoms with Crippen LogP contribution in [0.5, 0.6) is 5.75 Å². The predicted octanol–water partition coefficient (Wildman–Crippen LogP) is 9.27. The van der Waals surface area contributed by atoms with Gasteiger partial charge in [-0.1, -0.05) is 75.0 Å². The number of halogens is 8. The van der Waals surface area contributed by atoms with E-state index in [0.717, 1.165) is 44.6 Å². The monoisotopic (exact) mass is 926 g/mol. The molecule has 4 rings (SSSR count). The van der Waals surface area contributed by atoms with Crippen LogP contribution in [-0.4, -0.2) is 73.7 Å². The van der Waals surface area contributed by atoms with Crippen LogP contribution in [-0.2, 0) is 40.6 Å². The topological polar surface area (TPSA) is 137 Å². The van der Waals surface area contributed by atoms with Gasteiger partial charge in [0.15, 0.2) is 0 Å². The van der Waals surface area contributed by atoms with E-state index in [1.54, 1.807) is 0 Å². The van der Waals surface area contributed by atoms with Crippen molar-refractivity contribution in [1.82, 2.24) is 5.32 Å². The van der Waals surface area contributed by atoms with Gasteiger partial charge in [0.1, 0.15) is 34.4 Å². The quantitative estimate of drug-likeness (QED) is 0.128. The van der Waals surface area contributed by atoms with Gasteiger partial charge in [-0.25, -0.2) is 12.8 Å². The zero-order valence-corrected chi connectivity index (χ0v) is 36.3. The first-order valence-corrected chi connectivity index (χ1v) is 22.0. The highest BCUT2D eigenvalue weighted by Crippen LogP contribution is 2.53. The number of alkyl halides is 7. The van der Waals surface area contributed by atoms with Crippen LogP contribution in [0.1, 0.15) is 90.8 Å². The molecule has 1 fully saturated rings. The molecule has 0 radical (unpaired) electrons. The van der Waals surface area contributed by atoms with Crippen molar-refractivity contribution in [3.63, 3.8) is 0 Å². The molecule has 10 nitrogen and oxygen atoms in total. The third kappa shape index (κ3) is 14.1. The highest BCUT2D eigenvalue weighted by Gasteiger charge is 2.73. The number of benzene rings is 3. The maximum atomic E-state index is 14.3. The molecule has 0 aliphatic heterocycles. The fourth-order valence-corrected chi connectivity index (χ4v) is 8.05. The van der Waals surface area contributed by atoms with E-state index in [1.165, 1.54) is 30.7 Å². The second-order valence-electron chi connectivity index (χ2n) is 15.3. The number of terminal acetylenes is 1. The number of aryl methyl sites for hydroxylation is 1. The van der Waals surface area contributed by atoms with Crippen molar-refractivity contribution in [2.75, 3.05) is 23.9 Å². The standard InChI is InChI=1S/C22H20ClF7N2O4S.C19H26O4S/c1-11-9-13(20(24,21(25,26)27)22(28,29)30)7-8-16(11)32-18(33)14-5-4-6-15(23)17(14)19(34)31-12(2)10-37(3,35)36;1-5-14-21-24(20)23-18-9-7-6-8-17(18)22-16-12-10-15(11-13-16)19(2,3)4/h4-9,12H,10H2,1-3H3,(H,31,34)(H,32,33);1,10-13,17-18H,6-9,14H2,2-4H3/t12-;/m0./s1. The third-order valence-corrected chi connectivity index (χ3v) is 11.3. The molecule has 1 aliphatic rings. The smallest absolute Gasteiger partial charge is 0.435 e. The highest BCUT2D eigenvalue weighted by molar-refractivity contribution is 7.90.